The number of amides is 1. The number of piperidine rings is 1. The number of rotatable bonds is 6. The minimum atomic E-state index is -0.265. The molecule has 1 amide bonds. The Balaban J connectivity index is 1.36. The molecule has 4 rings (SSSR count). The van der Waals surface area contributed by atoms with Gasteiger partial charge in [0.15, 0.2) is 0 Å². The molecule has 0 radical (unpaired) electrons. The highest BCUT2D eigenvalue weighted by Crippen LogP contribution is 2.22. The molecule has 2 N–H and O–H groups in total. The highest BCUT2D eigenvalue weighted by atomic mass is 16.1. The van der Waals surface area contributed by atoms with E-state index in [1.165, 1.54) is 31.3 Å². The molecule has 1 saturated heterocycles. The number of carbonyl (C=O) groups is 1. The number of hydrogen-bond acceptors (Lipinski definition) is 6. The third kappa shape index (κ3) is 5.07. The second-order valence-electron chi connectivity index (χ2n) is 7.01. The highest BCUT2D eigenvalue weighted by molar-refractivity contribution is 6.03. The Kier molecular flexibility index (Phi) is 5.95. The van der Waals surface area contributed by atoms with Crippen molar-refractivity contribution in [2.45, 2.75) is 25.8 Å². The molecule has 148 valence electrons. The van der Waals surface area contributed by atoms with Gasteiger partial charge in [0.1, 0.15) is 17.8 Å². The summed E-state index contributed by atoms with van der Waals surface area (Å²) >= 11 is 0. The lowest BCUT2D eigenvalue weighted by Gasteiger charge is -2.28. The molecule has 1 fully saturated rings. The van der Waals surface area contributed by atoms with Crippen molar-refractivity contribution in [2.75, 3.05) is 28.6 Å². The predicted molar refractivity (Wildman–Crippen MR) is 114 cm³/mol. The van der Waals surface area contributed by atoms with Gasteiger partial charge in [0.25, 0.3) is 5.91 Å². The first-order chi connectivity index (χ1) is 14.3. The molecule has 3 aromatic rings. The Labute approximate surface area is 170 Å². The topological polar surface area (TPSA) is 83.0 Å². The zero-order valence-electron chi connectivity index (χ0n) is 16.2. The van der Waals surface area contributed by atoms with Crippen LogP contribution in [0.1, 0.15) is 35.4 Å². The average molecular weight is 388 g/mol. The third-order valence-electron chi connectivity index (χ3n) is 4.92. The Morgan fingerprint density at radius 3 is 2.55 bits per heavy atom. The molecular weight excluding hydrogens is 364 g/mol. The van der Waals surface area contributed by atoms with Crippen molar-refractivity contribution in [1.29, 1.82) is 0 Å². The highest BCUT2D eigenvalue weighted by Gasteiger charge is 2.12. The Morgan fingerprint density at radius 1 is 0.966 bits per heavy atom. The molecule has 1 aliphatic heterocycles. The molecule has 0 saturated carbocycles. The summed E-state index contributed by atoms with van der Waals surface area (Å²) in [6.07, 6.45) is 6.91. The van der Waals surface area contributed by atoms with E-state index in [2.05, 4.69) is 42.6 Å². The van der Waals surface area contributed by atoms with Gasteiger partial charge in [-0.25, -0.2) is 9.97 Å². The van der Waals surface area contributed by atoms with Crippen molar-refractivity contribution in [2.24, 2.45) is 0 Å². The van der Waals surface area contributed by atoms with Crippen LogP contribution in [0.5, 0.6) is 0 Å². The molecule has 0 spiro atoms. The Hall–Kier alpha value is -3.48. The van der Waals surface area contributed by atoms with Crippen LogP contribution in [0.4, 0.5) is 17.2 Å². The van der Waals surface area contributed by atoms with Gasteiger partial charge in [0.2, 0.25) is 0 Å². The molecule has 7 nitrogen and oxygen atoms in total. The molecule has 2 aromatic heterocycles. The molecule has 0 aliphatic carbocycles. The lowest BCUT2D eigenvalue weighted by atomic mass is 10.1. The van der Waals surface area contributed by atoms with Crippen molar-refractivity contribution in [3.05, 3.63) is 72.4 Å². The number of nitrogens with zero attached hydrogens (tertiary/aromatic N) is 4. The first-order valence-electron chi connectivity index (χ1n) is 9.90. The van der Waals surface area contributed by atoms with Gasteiger partial charge in [-0.05, 0) is 55.7 Å². The summed E-state index contributed by atoms with van der Waals surface area (Å²) in [5.41, 5.74) is 3.15. The quantitative estimate of drug-likeness (QED) is 0.670. The van der Waals surface area contributed by atoms with Gasteiger partial charge in [0.05, 0.1) is 12.2 Å². The van der Waals surface area contributed by atoms with Gasteiger partial charge in [-0.1, -0.05) is 6.07 Å². The molecule has 29 heavy (non-hydrogen) atoms. The van der Waals surface area contributed by atoms with E-state index in [-0.39, 0.29) is 5.91 Å². The van der Waals surface area contributed by atoms with Gasteiger partial charge in [0, 0.05) is 36.7 Å². The normalized spacial score (nSPS) is 13.7. The summed E-state index contributed by atoms with van der Waals surface area (Å²) in [4.78, 5) is 27.5. The number of carbonyl (C=O) groups excluding carboxylic acids is 1. The summed E-state index contributed by atoms with van der Waals surface area (Å²) in [5.74, 6) is 0.315. The molecule has 0 bridgehead atoms. The largest absolute Gasteiger partial charge is 0.372 e. The number of hydrogen-bond donors (Lipinski definition) is 2. The van der Waals surface area contributed by atoms with Crippen LogP contribution < -0.4 is 15.5 Å². The maximum atomic E-state index is 12.6. The lowest BCUT2D eigenvalue weighted by molar-refractivity contribution is 0.102. The van der Waals surface area contributed by atoms with Crippen molar-refractivity contribution in [1.82, 2.24) is 15.0 Å². The molecule has 7 heteroatoms. The maximum absolute atomic E-state index is 12.6. The van der Waals surface area contributed by atoms with Crippen LogP contribution in [0.2, 0.25) is 0 Å². The fourth-order valence-corrected chi connectivity index (χ4v) is 3.36. The van der Waals surface area contributed by atoms with Crippen molar-refractivity contribution in [3.8, 4) is 0 Å². The standard InChI is InChI=1S/C22H24N6O/c29-22(27-17-7-9-19(10-8-17)28-12-4-1-5-13-28)20-14-21(26-16-25-20)24-15-18-6-2-3-11-23-18/h2-3,6-11,14,16H,1,4-5,12-13,15H2,(H,27,29)(H,24,25,26). The molecule has 3 heterocycles. The number of anilines is 3. The van der Waals surface area contributed by atoms with Gasteiger partial charge in [-0.3, -0.25) is 9.78 Å². The Bertz CT molecular complexity index is 939. The number of pyridine rings is 1. The van der Waals surface area contributed by atoms with Gasteiger partial charge < -0.3 is 15.5 Å². The van der Waals surface area contributed by atoms with Crippen molar-refractivity contribution >= 4 is 23.1 Å². The molecule has 0 unspecified atom stereocenters. The second-order valence-corrected chi connectivity index (χ2v) is 7.01. The lowest BCUT2D eigenvalue weighted by Crippen LogP contribution is -2.29. The van der Waals surface area contributed by atoms with Gasteiger partial charge in [-0.2, -0.15) is 0 Å². The fraction of sp³-hybridized carbons (Fsp3) is 0.273. The first-order valence-corrected chi connectivity index (χ1v) is 9.90. The minimum absolute atomic E-state index is 0.265. The minimum Gasteiger partial charge on any atom is -0.372 e. The first kappa shape index (κ1) is 18.9. The summed E-state index contributed by atoms with van der Waals surface area (Å²) in [6, 6.07) is 15.3. The smallest absolute Gasteiger partial charge is 0.274 e. The molecule has 0 atom stereocenters. The summed E-state index contributed by atoms with van der Waals surface area (Å²) in [7, 11) is 0. The van der Waals surface area contributed by atoms with Crippen LogP contribution in [0, 0.1) is 0 Å². The van der Waals surface area contributed by atoms with Crippen LogP contribution in [0.3, 0.4) is 0 Å². The van der Waals surface area contributed by atoms with Gasteiger partial charge >= 0.3 is 0 Å². The van der Waals surface area contributed by atoms with E-state index in [1.807, 2.05) is 30.3 Å². The van der Waals surface area contributed by atoms with Crippen LogP contribution in [-0.4, -0.2) is 33.9 Å². The van der Waals surface area contributed by atoms with E-state index in [9.17, 15) is 4.79 Å². The van der Waals surface area contributed by atoms with E-state index in [0.29, 0.717) is 18.1 Å². The van der Waals surface area contributed by atoms with E-state index in [1.54, 1.807) is 12.3 Å². The van der Waals surface area contributed by atoms with Crippen molar-refractivity contribution in [3.63, 3.8) is 0 Å². The zero-order chi connectivity index (χ0) is 19.9. The monoisotopic (exact) mass is 388 g/mol. The van der Waals surface area contributed by atoms with Gasteiger partial charge in [-0.15, -0.1) is 0 Å². The van der Waals surface area contributed by atoms with Crippen LogP contribution in [0.15, 0.2) is 61.1 Å². The molecule has 1 aromatic carbocycles. The van der Waals surface area contributed by atoms with E-state index >= 15 is 0 Å². The molecular formula is C22H24N6O. The number of benzene rings is 1. The maximum Gasteiger partial charge on any atom is 0.274 e. The van der Waals surface area contributed by atoms with Crippen LogP contribution in [-0.2, 0) is 6.54 Å². The van der Waals surface area contributed by atoms with Crippen LogP contribution >= 0.6 is 0 Å². The number of aromatic nitrogens is 3. The summed E-state index contributed by atoms with van der Waals surface area (Å²) in [6.45, 7) is 2.72. The third-order valence-corrected chi connectivity index (χ3v) is 4.92. The second kappa shape index (κ2) is 9.14. The fourth-order valence-electron chi connectivity index (χ4n) is 3.36. The van der Waals surface area contributed by atoms with E-state index in [0.717, 1.165) is 24.5 Å². The van der Waals surface area contributed by atoms with Crippen LogP contribution in [0.25, 0.3) is 0 Å². The summed E-state index contributed by atoms with van der Waals surface area (Å²) < 4.78 is 0. The Morgan fingerprint density at radius 2 is 1.79 bits per heavy atom. The number of nitrogens with one attached hydrogen (secondary N) is 2. The predicted octanol–water partition coefficient (Wildman–Crippen LogP) is 3.73. The zero-order valence-corrected chi connectivity index (χ0v) is 16.2. The van der Waals surface area contributed by atoms with Crippen molar-refractivity contribution < 1.29 is 4.79 Å². The summed E-state index contributed by atoms with van der Waals surface area (Å²) in [5, 5.41) is 6.07. The van der Waals surface area contributed by atoms with E-state index in [4.69, 9.17) is 0 Å². The van der Waals surface area contributed by atoms with E-state index < -0.39 is 0 Å². The average Bonchev–Trinajstić information content (AvgIpc) is 2.80. The SMILES string of the molecule is O=C(Nc1ccc(N2CCCCC2)cc1)c1cc(NCc2ccccn2)ncn1. The molecule has 1 aliphatic rings.